The highest BCUT2D eigenvalue weighted by Crippen LogP contribution is 2.26. The number of piperidine rings is 1. The zero-order chi connectivity index (χ0) is 22.8. The van der Waals surface area contributed by atoms with Crippen LogP contribution < -0.4 is 10.6 Å². The van der Waals surface area contributed by atoms with Crippen molar-refractivity contribution in [3.05, 3.63) is 66.2 Å². The van der Waals surface area contributed by atoms with E-state index in [1.54, 1.807) is 34.6 Å². The molecule has 2 aromatic carbocycles. The molecule has 1 saturated heterocycles. The number of hydrogen-bond acceptors (Lipinski definition) is 4. The van der Waals surface area contributed by atoms with E-state index in [4.69, 9.17) is 0 Å². The summed E-state index contributed by atoms with van der Waals surface area (Å²) in [5.41, 5.74) is 1.19. The fourth-order valence-corrected chi connectivity index (χ4v) is 5.70. The van der Waals surface area contributed by atoms with Gasteiger partial charge in [0.2, 0.25) is 10.0 Å². The number of rotatable bonds is 9. The van der Waals surface area contributed by atoms with E-state index in [1.807, 2.05) is 30.3 Å². The number of nitrogens with one attached hydrogen (secondary N) is 2. The van der Waals surface area contributed by atoms with E-state index in [0.717, 1.165) is 32.1 Å². The summed E-state index contributed by atoms with van der Waals surface area (Å²) in [5.74, 6) is -1.34. The van der Waals surface area contributed by atoms with Gasteiger partial charge in [-0.2, -0.15) is 4.31 Å². The van der Waals surface area contributed by atoms with Crippen molar-refractivity contribution in [3.8, 4) is 0 Å². The standard InChI is InChI=1S/C24H31N3O4S/c28-23(25-17-9-12-20-10-3-1-4-11-20)24(29)26-18-16-21-13-7-8-19-27(21)32(30,31)22-14-5-2-6-15-22/h1-6,10-11,14-15,21H,7-9,12-13,16-19H2,(H,25,28)(H,26,29)/t21-/m0/s1. The highest BCUT2D eigenvalue weighted by Gasteiger charge is 2.33. The Morgan fingerprint density at radius 1 is 0.875 bits per heavy atom. The van der Waals surface area contributed by atoms with Crippen molar-refractivity contribution in [1.82, 2.24) is 14.9 Å². The summed E-state index contributed by atoms with van der Waals surface area (Å²) >= 11 is 0. The number of aryl methyl sites for hydroxylation is 1. The number of sulfonamides is 1. The lowest BCUT2D eigenvalue weighted by Crippen LogP contribution is -2.46. The molecule has 0 bridgehead atoms. The molecule has 1 fully saturated rings. The Morgan fingerprint density at radius 3 is 2.19 bits per heavy atom. The van der Waals surface area contributed by atoms with Crippen LogP contribution in [0, 0.1) is 0 Å². The van der Waals surface area contributed by atoms with Crippen LogP contribution in [0.4, 0.5) is 0 Å². The van der Waals surface area contributed by atoms with Gasteiger partial charge in [0.05, 0.1) is 4.90 Å². The Labute approximate surface area is 190 Å². The van der Waals surface area contributed by atoms with Crippen molar-refractivity contribution in [2.75, 3.05) is 19.6 Å². The summed E-state index contributed by atoms with van der Waals surface area (Å²) in [6, 6.07) is 18.2. The minimum absolute atomic E-state index is 0.191. The number of carbonyl (C=O) groups is 2. The van der Waals surface area contributed by atoms with Crippen LogP contribution in [0.3, 0.4) is 0 Å². The van der Waals surface area contributed by atoms with E-state index in [-0.39, 0.29) is 17.5 Å². The minimum atomic E-state index is -3.57. The molecular weight excluding hydrogens is 426 g/mol. The molecule has 0 spiro atoms. The van der Waals surface area contributed by atoms with Crippen molar-refractivity contribution in [2.24, 2.45) is 0 Å². The number of benzene rings is 2. The van der Waals surface area contributed by atoms with Crippen molar-refractivity contribution < 1.29 is 18.0 Å². The van der Waals surface area contributed by atoms with Crippen LogP contribution in [0.1, 0.15) is 37.7 Å². The van der Waals surface area contributed by atoms with Crippen molar-refractivity contribution in [3.63, 3.8) is 0 Å². The van der Waals surface area contributed by atoms with Gasteiger partial charge in [-0.3, -0.25) is 9.59 Å². The van der Waals surface area contributed by atoms with E-state index >= 15 is 0 Å². The predicted molar refractivity (Wildman–Crippen MR) is 123 cm³/mol. The summed E-state index contributed by atoms with van der Waals surface area (Å²) in [7, 11) is -3.57. The second kappa shape index (κ2) is 11.8. The first kappa shape index (κ1) is 23.9. The number of carbonyl (C=O) groups excluding carboxylic acids is 2. The molecule has 0 aromatic heterocycles. The fraction of sp³-hybridized carbons (Fsp3) is 0.417. The zero-order valence-corrected chi connectivity index (χ0v) is 19.0. The van der Waals surface area contributed by atoms with E-state index < -0.39 is 21.8 Å². The largest absolute Gasteiger partial charge is 0.348 e. The van der Waals surface area contributed by atoms with Crippen molar-refractivity contribution in [2.45, 2.75) is 49.5 Å². The molecule has 0 saturated carbocycles. The molecule has 2 amide bonds. The maximum atomic E-state index is 13.0. The van der Waals surface area contributed by atoms with E-state index in [1.165, 1.54) is 5.56 Å². The number of nitrogens with zero attached hydrogens (tertiary/aromatic N) is 1. The van der Waals surface area contributed by atoms with Gasteiger partial charge in [-0.05, 0) is 49.8 Å². The van der Waals surface area contributed by atoms with Gasteiger partial charge in [-0.25, -0.2) is 8.42 Å². The summed E-state index contributed by atoms with van der Waals surface area (Å²) in [6.45, 7) is 1.15. The van der Waals surface area contributed by atoms with Crippen LogP contribution in [0.15, 0.2) is 65.6 Å². The smallest absolute Gasteiger partial charge is 0.309 e. The van der Waals surface area contributed by atoms with Gasteiger partial charge in [0.25, 0.3) is 0 Å². The maximum Gasteiger partial charge on any atom is 0.309 e. The molecule has 32 heavy (non-hydrogen) atoms. The van der Waals surface area contributed by atoms with Crippen LogP contribution in [0.25, 0.3) is 0 Å². The van der Waals surface area contributed by atoms with Gasteiger partial charge >= 0.3 is 11.8 Å². The van der Waals surface area contributed by atoms with E-state index in [9.17, 15) is 18.0 Å². The molecule has 0 radical (unpaired) electrons. The SMILES string of the molecule is O=C(NCCCc1ccccc1)C(=O)NCC[C@@H]1CCCCN1S(=O)(=O)c1ccccc1. The lowest BCUT2D eigenvalue weighted by atomic mass is 10.0. The highest BCUT2D eigenvalue weighted by molar-refractivity contribution is 7.89. The number of hydrogen-bond donors (Lipinski definition) is 2. The molecule has 0 aliphatic carbocycles. The molecule has 172 valence electrons. The molecule has 0 unspecified atom stereocenters. The van der Waals surface area contributed by atoms with Gasteiger partial charge < -0.3 is 10.6 Å². The molecule has 2 N–H and O–H groups in total. The predicted octanol–water partition coefficient (Wildman–Crippen LogP) is 2.49. The summed E-state index contributed by atoms with van der Waals surface area (Å²) < 4.78 is 27.6. The van der Waals surface area contributed by atoms with E-state index in [2.05, 4.69) is 10.6 Å². The monoisotopic (exact) mass is 457 g/mol. The topological polar surface area (TPSA) is 95.6 Å². The first-order valence-corrected chi connectivity index (χ1v) is 12.6. The van der Waals surface area contributed by atoms with Gasteiger partial charge in [0, 0.05) is 25.7 Å². The Hall–Kier alpha value is -2.71. The fourth-order valence-electron chi connectivity index (χ4n) is 3.96. The summed E-state index contributed by atoms with van der Waals surface area (Å²) in [4.78, 5) is 24.4. The van der Waals surface area contributed by atoms with Crippen molar-refractivity contribution >= 4 is 21.8 Å². The van der Waals surface area contributed by atoms with Gasteiger partial charge in [-0.15, -0.1) is 0 Å². The third-order valence-corrected chi connectivity index (χ3v) is 7.63. The molecule has 2 aromatic rings. The first-order chi connectivity index (χ1) is 15.5. The van der Waals surface area contributed by atoms with Crippen LogP contribution >= 0.6 is 0 Å². The van der Waals surface area contributed by atoms with E-state index in [0.29, 0.717) is 19.5 Å². The third-order valence-electron chi connectivity index (χ3n) is 5.66. The third kappa shape index (κ3) is 6.64. The lowest BCUT2D eigenvalue weighted by Gasteiger charge is -2.34. The molecular formula is C24H31N3O4S. The minimum Gasteiger partial charge on any atom is -0.348 e. The van der Waals surface area contributed by atoms with Crippen LogP contribution in [-0.2, 0) is 26.0 Å². The molecule has 1 heterocycles. The Bertz CT molecular complexity index is 981. The van der Waals surface area contributed by atoms with Crippen LogP contribution in [0.2, 0.25) is 0 Å². The van der Waals surface area contributed by atoms with Crippen LogP contribution in [0.5, 0.6) is 0 Å². The van der Waals surface area contributed by atoms with Gasteiger partial charge in [0.1, 0.15) is 0 Å². The van der Waals surface area contributed by atoms with Gasteiger partial charge in [-0.1, -0.05) is 55.0 Å². The Morgan fingerprint density at radius 2 is 1.50 bits per heavy atom. The second-order valence-electron chi connectivity index (χ2n) is 7.97. The quantitative estimate of drug-likeness (QED) is 0.447. The highest BCUT2D eigenvalue weighted by atomic mass is 32.2. The molecule has 1 aliphatic heterocycles. The molecule has 3 rings (SSSR count). The molecule has 7 nitrogen and oxygen atoms in total. The first-order valence-electron chi connectivity index (χ1n) is 11.2. The molecule has 8 heteroatoms. The van der Waals surface area contributed by atoms with Crippen LogP contribution in [-0.4, -0.2) is 50.2 Å². The molecule has 1 atom stereocenters. The summed E-state index contributed by atoms with van der Waals surface area (Å²) in [5, 5.41) is 5.27. The Balaban J connectivity index is 1.42. The Kier molecular flexibility index (Phi) is 8.81. The van der Waals surface area contributed by atoms with Gasteiger partial charge in [0.15, 0.2) is 0 Å². The van der Waals surface area contributed by atoms with Crippen molar-refractivity contribution in [1.29, 1.82) is 0 Å². The average Bonchev–Trinajstić information content (AvgIpc) is 2.83. The summed E-state index contributed by atoms with van der Waals surface area (Å²) in [6.07, 6.45) is 4.56. The maximum absolute atomic E-state index is 13.0. The molecule has 1 aliphatic rings. The average molecular weight is 458 g/mol. The normalized spacial score (nSPS) is 16.9. The second-order valence-corrected chi connectivity index (χ2v) is 9.86. The lowest BCUT2D eigenvalue weighted by molar-refractivity contribution is -0.139. The zero-order valence-electron chi connectivity index (χ0n) is 18.2. The number of amides is 2.